The second-order valence-electron chi connectivity index (χ2n) is 8.22. The minimum Gasteiger partial charge on any atom is -0.408 e. The molecule has 4 rings (SSSR count). The summed E-state index contributed by atoms with van der Waals surface area (Å²) in [5.41, 5.74) is -0.931. The molecule has 164 valence electrons. The molecule has 2 aromatic carbocycles. The summed E-state index contributed by atoms with van der Waals surface area (Å²) >= 11 is 0. The monoisotopic (exact) mass is 452 g/mol. The number of sulfonamides is 1. The normalized spacial score (nSPS) is 17.9. The SMILES string of the molecule is CC1(C)OB(c2cc(NS(=O)(=O)c3ccc(F)cc3F)c3[nH]c(=O)oc3c2)OC1(C)C. The number of fused-ring (bicyclic) bond motifs is 1. The van der Waals surface area contributed by atoms with Crippen LogP contribution in [0.25, 0.3) is 11.1 Å². The first-order chi connectivity index (χ1) is 14.3. The van der Waals surface area contributed by atoms with Gasteiger partial charge in [0, 0.05) is 6.07 Å². The molecule has 0 atom stereocenters. The van der Waals surface area contributed by atoms with Gasteiger partial charge in [-0.25, -0.2) is 22.0 Å². The summed E-state index contributed by atoms with van der Waals surface area (Å²) in [6, 6.07) is 4.99. The van der Waals surface area contributed by atoms with Crippen LogP contribution in [-0.2, 0) is 19.3 Å². The van der Waals surface area contributed by atoms with Gasteiger partial charge < -0.3 is 13.7 Å². The molecule has 31 heavy (non-hydrogen) atoms. The molecule has 0 aliphatic carbocycles. The molecule has 0 saturated carbocycles. The van der Waals surface area contributed by atoms with Crippen molar-refractivity contribution in [2.24, 2.45) is 0 Å². The van der Waals surface area contributed by atoms with Crippen LogP contribution in [0.15, 0.2) is 44.4 Å². The summed E-state index contributed by atoms with van der Waals surface area (Å²) in [6.45, 7) is 7.40. The Morgan fingerprint density at radius 2 is 1.68 bits per heavy atom. The van der Waals surface area contributed by atoms with Crippen molar-refractivity contribution in [2.75, 3.05) is 4.72 Å². The van der Waals surface area contributed by atoms with E-state index >= 15 is 0 Å². The summed E-state index contributed by atoms with van der Waals surface area (Å²) in [5.74, 6) is -2.98. The molecule has 12 heteroatoms. The molecule has 0 unspecified atom stereocenters. The predicted molar refractivity (Wildman–Crippen MR) is 110 cm³/mol. The summed E-state index contributed by atoms with van der Waals surface area (Å²) < 4.78 is 72.1. The van der Waals surface area contributed by atoms with E-state index in [1.54, 1.807) is 0 Å². The number of aromatic amines is 1. The molecule has 0 spiro atoms. The van der Waals surface area contributed by atoms with E-state index in [0.29, 0.717) is 11.5 Å². The highest BCUT2D eigenvalue weighted by Gasteiger charge is 2.52. The second kappa shape index (κ2) is 6.91. The van der Waals surface area contributed by atoms with Gasteiger partial charge in [-0.2, -0.15) is 0 Å². The van der Waals surface area contributed by atoms with Crippen LogP contribution in [0.1, 0.15) is 27.7 Å². The summed E-state index contributed by atoms with van der Waals surface area (Å²) in [6.07, 6.45) is 0. The maximum atomic E-state index is 14.1. The number of oxazole rings is 1. The zero-order valence-electron chi connectivity index (χ0n) is 17.1. The maximum Gasteiger partial charge on any atom is 0.495 e. The highest BCUT2D eigenvalue weighted by atomic mass is 32.2. The van der Waals surface area contributed by atoms with E-state index in [9.17, 15) is 22.0 Å². The molecule has 1 fully saturated rings. The van der Waals surface area contributed by atoms with Gasteiger partial charge in [0.15, 0.2) is 5.58 Å². The number of aromatic nitrogens is 1. The third-order valence-electron chi connectivity index (χ3n) is 5.51. The fourth-order valence-electron chi connectivity index (χ4n) is 3.16. The zero-order valence-corrected chi connectivity index (χ0v) is 17.9. The Hall–Kier alpha value is -2.70. The lowest BCUT2D eigenvalue weighted by Crippen LogP contribution is -2.41. The van der Waals surface area contributed by atoms with Crippen LogP contribution in [0.4, 0.5) is 14.5 Å². The minimum absolute atomic E-state index is 0.0505. The lowest BCUT2D eigenvalue weighted by atomic mass is 9.79. The molecule has 0 bridgehead atoms. The summed E-state index contributed by atoms with van der Waals surface area (Å²) in [4.78, 5) is 13.4. The van der Waals surface area contributed by atoms with Crippen LogP contribution < -0.4 is 15.9 Å². The number of benzene rings is 2. The first-order valence-corrected chi connectivity index (χ1v) is 10.8. The number of nitrogens with one attached hydrogen (secondary N) is 2. The van der Waals surface area contributed by atoms with Gasteiger partial charge in [0.05, 0.1) is 16.9 Å². The number of hydrogen-bond acceptors (Lipinski definition) is 6. The van der Waals surface area contributed by atoms with Gasteiger partial charge in [-0.05, 0) is 57.4 Å². The molecule has 1 aliphatic heterocycles. The molecule has 0 radical (unpaired) electrons. The molecule has 1 aliphatic rings. The van der Waals surface area contributed by atoms with E-state index in [1.165, 1.54) is 12.1 Å². The Kier molecular flexibility index (Phi) is 4.80. The van der Waals surface area contributed by atoms with Crippen molar-refractivity contribution in [1.82, 2.24) is 4.98 Å². The van der Waals surface area contributed by atoms with Crippen molar-refractivity contribution < 1.29 is 30.9 Å². The number of hydrogen-bond donors (Lipinski definition) is 2. The summed E-state index contributed by atoms with van der Waals surface area (Å²) in [7, 11) is -5.34. The largest absolute Gasteiger partial charge is 0.495 e. The quantitative estimate of drug-likeness (QED) is 0.589. The average Bonchev–Trinajstić information content (AvgIpc) is 3.10. The lowest BCUT2D eigenvalue weighted by molar-refractivity contribution is 0.00578. The molecule has 1 aromatic heterocycles. The molecular weight excluding hydrogens is 433 g/mol. The first kappa shape index (κ1) is 21.5. The first-order valence-electron chi connectivity index (χ1n) is 9.29. The van der Waals surface area contributed by atoms with E-state index in [4.69, 9.17) is 13.7 Å². The van der Waals surface area contributed by atoms with E-state index < -0.39 is 50.6 Å². The van der Waals surface area contributed by atoms with Crippen LogP contribution in [-0.4, -0.2) is 31.7 Å². The fraction of sp³-hybridized carbons (Fsp3) is 0.316. The van der Waals surface area contributed by atoms with Crippen molar-refractivity contribution >= 4 is 39.4 Å². The highest BCUT2D eigenvalue weighted by Crippen LogP contribution is 2.37. The number of rotatable bonds is 4. The van der Waals surface area contributed by atoms with Gasteiger partial charge in [0.25, 0.3) is 10.0 Å². The molecular formula is C19H19BF2N2O6S. The third-order valence-corrected chi connectivity index (χ3v) is 6.91. The lowest BCUT2D eigenvalue weighted by Gasteiger charge is -2.32. The highest BCUT2D eigenvalue weighted by molar-refractivity contribution is 7.92. The fourth-order valence-corrected chi connectivity index (χ4v) is 4.29. The van der Waals surface area contributed by atoms with Gasteiger partial charge in [-0.15, -0.1) is 0 Å². The van der Waals surface area contributed by atoms with Gasteiger partial charge >= 0.3 is 12.9 Å². The third kappa shape index (κ3) is 3.75. The molecule has 3 aromatic rings. The minimum atomic E-state index is -4.47. The smallest absolute Gasteiger partial charge is 0.408 e. The maximum absolute atomic E-state index is 14.1. The molecule has 2 N–H and O–H groups in total. The van der Waals surface area contributed by atoms with Gasteiger partial charge in [0.1, 0.15) is 22.0 Å². The summed E-state index contributed by atoms with van der Waals surface area (Å²) in [5, 5.41) is 0. The van der Waals surface area contributed by atoms with Crippen LogP contribution in [0.2, 0.25) is 0 Å². The topological polar surface area (TPSA) is 111 Å². The van der Waals surface area contributed by atoms with E-state index in [-0.39, 0.29) is 16.8 Å². The van der Waals surface area contributed by atoms with Crippen LogP contribution in [0.3, 0.4) is 0 Å². The Labute approximate surface area is 176 Å². The predicted octanol–water partition coefficient (Wildman–Crippen LogP) is 2.50. The van der Waals surface area contributed by atoms with Gasteiger partial charge in [0.2, 0.25) is 0 Å². The number of anilines is 1. The molecule has 8 nitrogen and oxygen atoms in total. The van der Waals surface area contributed by atoms with Crippen molar-refractivity contribution in [2.45, 2.75) is 43.8 Å². The van der Waals surface area contributed by atoms with E-state index in [0.717, 1.165) is 12.1 Å². The van der Waals surface area contributed by atoms with Gasteiger partial charge in [-0.3, -0.25) is 9.71 Å². The second-order valence-corrected chi connectivity index (χ2v) is 9.88. The number of H-pyrrole nitrogens is 1. The van der Waals surface area contributed by atoms with Crippen molar-refractivity contribution in [3.05, 3.63) is 52.5 Å². The Balaban J connectivity index is 1.80. The van der Waals surface area contributed by atoms with Crippen molar-refractivity contribution in [1.29, 1.82) is 0 Å². The van der Waals surface area contributed by atoms with Crippen molar-refractivity contribution in [3.8, 4) is 0 Å². The molecule has 2 heterocycles. The van der Waals surface area contributed by atoms with Crippen LogP contribution in [0, 0.1) is 11.6 Å². The standard InChI is InChI=1S/C19H19BF2N2O6S/c1-18(2)19(3,4)30-20(29-18)10-7-13(16-14(8-10)28-17(25)23-16)24-31(26,27)15-6-5-11(21)9-12(15)22/h5-9,24H,1-4H3,(H,23,25). The molecule has 0 amide bonds. The van der Waals surface area contributed by atoms with E-state index in [1.807, 2.05) is 27.7 Å². The number of halogens is 2. The van der Waals surface area contributed by atoms with E-state index in [2.05, 4.69) is 9.71 Å². The Bertz CT molecular complexity index is 1330. The zero-order chi connectivity index (χ0) is 22.8. The average molecular weight is 452 g/mol. The Morgan fingerprint density at radius 1 is 1.03 bits per heavy atom. The van der Waals surface area contributed by atoms with Crippen molar-refractivity contribution in [3.63, 3.8) is 0 Å². The Morgan fingerprint density at radius 3 is 2.29 bits per heavy atom. The molecule has 1 saturated heterocycles. The van der Waals surface area contributed by atoms with Crippen LogP contribution in [0.5, 0.6) is 0 Å². The van der Waals surface area contributed by atoms with Gasteiger partial charge in [-0.1, -0.05) is 0 Å². The van der Waals surface area contributed by atoms with Crippen LogP contribution >= 0.6 is 0 Å².